The van der Waals surface area contributed by atoms with Crippen LogP contribution in [0.3, 0.4) is 0 Å². The molecule has 2 rings (SSSR count). The van der Waals surface area contributed by atoms with E-state index in [1.807, 2.05) is 0 Å². The molecule has 1 unspecified atom stereocenters. The quantitative estimate of drug-likeness (QED) is 0.620. The molecule has 1 N–H and O–H groups in total. The van der Waals surface area contributed by atoms with Gasteiger partial charge in [0.1, 0.15) is 12.7 Å². The molecule has 0 aliphatic rings. The molecule has 118 valence electrons. The van der Waals surface area contributed by atoms with E-state index in [1.165, 1.54) is 29.5 Å². The Morgan fingerprint density at radius 3 is 2.82 bits per heavy atom. The van der Waals surface area contributed by atoms with Gasteiger partial charge in [0.05, 0.1) is 16.5 Å². The Morgan fingerprint density at radius 2 is 2.23 bits per heavy atom. The molecular weight excluding hydrogens is 334 g/mol. The molecular formula is C11H12ClN5O4S. The van der Waals surface area contributed by atoms with Gasteiger partial charge >= 0.3 is 0 Å². The van der Waals surface area contributed by atoms with Crippen molar-refractivity contribution in [2.45, 2.75) is 24.4 Å². The van der Waals surface area contributed by atoms with Gasteiger partial charge in [-0.25, -0.2) is 18.1 Å². The van der Waals surface area contributed by atoms with E-state index in [1.54, 1.807) is 6.92 Å². The number of nitrogens with zero attached hydrogens (tertiary/aromatic N) is 4. The van der Waals surface area contributed by atoms with Crippen LogP contribution in [0.2, 0.25) is 5.02 Å². The summed E-state index contributed by atoms with van der Waals surface area (Å²) in [6.07, 6.45) is 2.75. The normalized spacial score (nSPS) is 13.0. The average Bonchev–Trinajstić information content (AvgIpc) is 2.89. The molecule has 0 saturated carbocycles. The number of benzene rings is 1. The van der Waals surface area contributed by atoms with Crippen molar-refractivity contribution in [2.75, 3.05) is 0 Å². The summed E-state index contributed by atoms with van der Waals surface area (Å²) in [5.74, 6) is 0. The first-order chi connectivity index (χ1) is 10.3. The summed E-state index contributed by atoms with van der Waals surface area (Å²) in [4.78, 5) is 13.4. The Hall–Kier alpha value is -2.04. The van der Waals surface area contributed by atoms with E-state index in [4.69, 9.17) is 11.6 Å². The molecule has 0 spiro atoms. The lowest BCUT2D eigenvalue weighted by Crippen LogP contribution is -2.36. The highest BCUT2D eigenvalue weighted by atomic mass is 35.5. The summed E-state index contributed by atoms with van der Waals surface area (Å²) in [6, 6.07) is 3.12. The average molecular weight is 346 g/mol. The molecule has 0 aliphatic heterocycles. The molecule has 1 atom stereocenters. The number of halogens is 1. The number of sulfonamides is 1. The van der Waals surface area contributed by atoms with E-state index < -0.39 is 31.6 Å². The summed E-state index contributed by atoms with van der Waals surface area (Å²) in [5.41, 5.74) is -0.576. The van der Waals surface area contributed by atoms with Crippen LogP contribution in [-0.2, 0) is 16.6 Å². The Bertz CT molecular complexity index is 778. The summed E-state index contributed by atoms with van der Waals surface area (Å²) in [6.45, 7) is 1.82. The minimum Gasteiger partial charge on any atom is -0.258 e. The monoisotopic (exact) mass is 345 g/mol. The van der Waals surface area contributed by atoms with Crippen LogP contribution in [0.4, 0.5) is 5.69 Å². The molecule has 11 heteroatoms. The maximum absolute atomic E-state index is 12.4. The van der Waals surface area contributed by atoms with Crippen LogP contribution in [0.25, 0.3) is 0 Å². The smallest absolute Gasteiger partial charge is 0.258 e. The van der Waals surface area contributed by atoms with Crippen LogP contribution in [0.1, 0.15) is 6.92 Å². The first-order valence-electron chi connectivity index (χ1n) is 6.09. The van der Waals surface area contributed by atoms with E-state index in [9.17, 15) is 18.5 Å². The molecule has 1 aromatic heterocycles. The zero-order valence-electron chi connectivity index (χ0n) is 11.4. The molecule has 0 saturated heterocycles. The lowest BCUT2D eigenvalue weighted by Gasteiger charge is -2.14. The van der Waals surface area contributed by atoms with E-state index in [0.29, 0.717) is 0 Å². The molecule has 22 heavy (non-hydrogen) atoms. The van der Waals surface area contributed by atoms with Gasteiger partial charge in [-0.15, -0.1) is 0 Å². The first-order valence-corrected chi connectivity index (χ1v) is 7.95. The first kappa shape index (κ1) is 16.3. The highest BCUT2D eigenvalue weighted by molar-refractivity contribution is 7.89. The van der Waals surface area contributed by atoms with Gasteiger partial charge in [0.2, 0.25) is 10.0 Å². The lowest BCUT2D eigenvalue weighted by atomic mass is 10.3. The van der Waals surface area contributed by atoms with Gasteiger partial charge in [0, 0.05) is 12.1 Å². The summed E-state index contributed by atoms with van der Waals surface area (Å²) < 4.78 is 28.5. The lowest BCUT2D eigenvalue weighted by molar-refractivity contribution is -0.387. The topological polar surface area (TPSA) is 120 Å². The predicted molar refractivity (Wildman–Crippen MR) is 77.9 cm³/mol. The highest BCUT2D eigenvalue weighted by Gasteiger charge is 2.30. The second kappa shape index (κ2) is 6.38. The number of nitro benzene ring substituents is 1. The second-order valence-electron chi connectivity index (χ2n) is 4.49. The Labute approximate surface area is 131 Å². The van der Waals surface area contributed by atoms with Crippen LogP contribution in [0.5, 0.6) is 0 Å². The number of hydrogen-bond donors (Lipinski definition) is 1. The summed E-state index contributed by atoms with van der Waals surface area (Å²) in [5, 5.41) is 14.6. The third-order valence-electron chi connectivity index (χ3n) is 2.70. The molecule has 1 aromatic carbocycles. The number of rotatable bonds is 6. The Morgan fingerprint density at radius 1 is 1.50 bits per heavy atom. The molecule has 0 fully saturated rings. The molecule has 0 aliphatic carbocycles. The van der Waals surface area contributed by atoms with Gasteiger partial charge in [-0.1, -0.05) is 17.7 Å². The Kier molecular flexibility index (Phi) is 4.74. The fraction of sp³-hybridized carbons (Fsp3) is 0.273. The maximum Gasteiger partial charge on any atom is 0.290 e. The molecule has 0 radical (unpaired) electrons. The van der Waals surface area contributed by atoms with E-state index in [0.717, 1.165) is 6.07 Å². The Balaban J connectivity index is 2.29. The van der Waals surface area contributed by atoms with Crippen molar-refractivity contribution in [3.63, 3.8) is 0 Å². The molecule has 2 aromatic rings. The standard InChI is InChI=1S/C11H12ClN5O4S/c1-8(5-16-7-13-6-14-16)15-22(20,21)11-9(12)3-2-4-10(11)17(18)19/h2-4,6-8,15H,5H2,1H3. The van der Waals surface area contributed by atoms with Gasteiger partial charge in [-0.05, 0) is 13.0 Å². The van der Waals surface area contributed by atoms with Crippen molar-refractivity contribution in [3.8, 4) is 0 Å². The van der Waals surface area contributed by atoms with Gasteiger partial charge in [0.25, 0.3) is 5.69 Å². The van der Waals surface area contributed by atoms with Crippen molar-refractivity contribution in [1.82, 2.24) is 19.5 Å². The van der Waals surface area contributed by atoms with Gasteiger partial charge in [-0.2, -0.15) is 5.10 Å². The van der Waals surface area contributed by atoms with Gasteiger partial charge in [-0.3, -0.25) is 14.8 Å². The molecule has 0 bridgehead atoms. The summed E-state index contributed by atoms with van der Waals surface area (Å²) in [7, 11) is -4.15. The third kappa shape index (κ3) is 3.59. The zero-order valence-corrected chi connectivity index (χ0v) is 13.0. The second-order valence-corrected chi connectivity index (χ2v) is 6.54. The number of nitro groups is 1. The largest absolute Gasteiger partial charge is 0.290 e. The fourth-order valence-electron chi connectivity index (χ4n) is 1.88. The summed E-state index contributed by atoms with van der Waals surface area (Å²) >= 11 is 5.83. The predicted octanol–water partition coefficient (Wildman–Crippen LogP) is 1.21. The highest BCUT2D eigenvalue weighted by Crippen LogP contribution is 2.30. The van der Waals surface area contributed by atoms with Crippen LogP contribution in [-0.4, -0.2) is 34.1 Å². The van der Waals surface area contributed by atoms with E-state index in [-0.39, 0.29) is 11.6 Å². The molecule has 0 amide bonds. The van der Waals surface area contributed by atoms with Crippen LogP contribution < -0.4 is 4.72 Å². The minimum atomic E-state index is -4.15. The van der Waals surface area contributed by atoms with Crippen molar-refractivity contribution < 1.29 is 13.3 Å². The van der Waals surface area contributed by atoms with Crippen molar-refractivity contribution >= 4 is 27.3 Å². The fourth-order valence-corrected chi connectivity index (χ4v) is 3.81. The van der Waals surface area contributed by atoms with Crippen molar-refractivity contribution in [2.24, 2.45) is 0 Å². The van der Waals surface area contributed by atoms with E-state index in [2.05, 4.69) is 14.8 Å². The number of nitrogens with one attached hydrogen (secondary N) is 1. The number of aromatic nitrogens is 3. The van der Waals surface area contributed by atoms with Crippen molar-refractivity contribution in [3.05, 3.63) is 46.0 Å². The zero-order chi connectivity index (χ0) is 16.3. The van der Waals surface area contributed by atoms with Crippen LogP contribution >= 0.6 is 11.6 Å². The molecule has 1 heterocycles. The van der Waals surface area contributed by atoms with Crippen LogP contribution in [0.15, 0.2) is 35.7 Å². The molecule has 9 nitrogen and oxygen atoms in total. The van der Waals surface area contributed by atoms with Crippen molar-refractivity contribution in [1.29, 1.82) is 0 Å². The van der Waals surface area contributed by atoms with Gasteiger partial charge < -0.3 is 0 Å². The van der Waals surface area contributed by atoms with Crippen LogP contribution in [0, 0.1) is 10.1 Å². The minimum absolute atomic E-state index is 0.213. The number of hydrogen-bond acceptors (Lipinski definition) is 6. The van der Waals surface area contributed by atoms with Gasteiger partial charge in [0.15, 0.2) is 4.90 Å². The van der Waals surface area contributed by atoms with E-state index >= 15 is 0 Å². The third-order valence-corrected chi connectivity index (χ3v) is 4.80. The maximum atomic E-state index is 12.4. The SMILES string of the molecule is CC(Cn1cncn1)NS(=O)(=O)c1c(Cl)cccc1[N+](=O)[O-].